The average Bonchev–Trinajstić information content (AvgIpc) is 2.70. The molecule has 27 heavy (non-hydrogen) atoms. The number of hydrogen-bond donors (Lipinski definition) is 0. The Morgan fingerprint density at radius 1 is 1.00 bits per heavy atom. The molecule has 1 aliphatic heterocycles. The summed E-state index contributed by atoms with van der Waals surface area (Å²) in [5.41, 5.74) is 1.18. The van der Waals surface area contributed by atoms with Gasteiger partial charge in [0, 0.05) is 49.3 Å². The van der Waals surface area contributed by atoms with Crippen LogP contribution in [0.1, 0.15) is 10.5 Å². The van der Waals surface area contributed by atoms with Crippen LogP contribution in [0.15, 0.2) is 53.3 Å². The molecule has 0 saturated carbocycles. The molecule has 0 bridgehead atoms. The van der Waals surface area contributed by atoms with E-state index in [1.54, 1.807) is 30.1 Å². The van der Waals surface area contributed by atoms with Crippen LogP contribution in [0.2, 0.25) is 5.02 Å². The summed E-state index contributed by atoms with van der Waals surface area (Å²) >= 11 is 6.08. The summed E-state index contributed by atoms with van der Waals surface area (Å²) in [5, 5.41) is 6.06. The molecule has 1 aliphatic rings. The van der Waals surface area contributed by atoms with Gasteiger partial charge in [0.15, 0.2) is 5.69 Å². The lowest BCUT2D eigenvalue weighted by atomic mass is 10.1. The molecular formula is C20H19ClN4O2. The molecule has 1 aromatic heterocycles. The van der Waals surface area contributed by atoms with Crippen molar-refractivity contribution in [3.8, 4) is 0 Å². The molecule has 2 aromatic carbocycles. The first kappa shape index (κ1) is 17.5. The van der Waals surface area contributed by atoms with Gasteiger partial charge in [-0.05, 0) is 24.3 Å². The van der Waals surface area contributed by atoms with Crippen LogP contribution in [0.25, 0.3) is 10.8 Å². The highest BCUT2D eigenvalue weighted by Crippen LogP contribution is 2.22. The lowest BCUT2D eigenvalue weighted by Gasteiger charge is -2.36. The molecule has 0 N–H and O–H groups in total. The maximum atomic E-state index is 13.1. The van der Waals surface area contributed by atoms with Crippen molar-refractivity contribution in [3.63, 3.8) is 0 Å². The van der Waals surface area contributed by atoms with E-state index in [-0.39, 0.29) is 11.5 Å². The van der Waals surface area contributed by atoms with E-state index >= 15 is 0 Å². The van der Waals surface area contributed by atoms with Crippen molar-refractivity contribution in [1.82, 2.24) is 14.7 Å². The molecule has 2 heterocycles. The zero-order valence-electron chi connectivity index (χ0n) is 14.9. The number of halogens is 1. The molecule has 3 aromatic rings. The molecule has 1 amide bonds. The summed E-state index contributed by atoms with van der Waals surface area (Å²) in [5.74, 6) is -0.146. The van der Waals surface area contributed by atoms with Crippen molar-refractivity contribution < 1.29 is 4.79 Å². The Balaban J connectivity index is 1.58. The van der Waals surface area contributed by atoms with E-state index in [0.29, 0.717) is 34.6 Å². The van der Waals surface area contributed by atoms with E-state index in [2.05, 4.69) is 10.00 Å². The lowest BCUT2D eigenvalue weighted by Crippen LogP contribution is -2.49. The first-order valence-corrected chi connectivity index (χ1v) is 9.18. The number of nitrogens with zero attached hydrogens (tertiary/aromatic N) is 4. The van der Waals surface area contributed by atoms with Crippen LogP contribution in [0.3, 0.4) is 0 Å². The first-order chi connectivity index (χ1) is 13.0. The summed E-state index contributed by atoms with van der Waals surface area (Å²) in [6.07, 6.45) is 0. The molecule has 0 unspecified atom stereocenters. The molecule has 7 heteroatoms. The molecule has 1 saturated heterocycles. The second-order valence-corrected chi connectivity index (χ2v) is 7.02. The van der Waals surface area contributed by atoms with Gasteiger partial charge in [-0.3, -0.25) is 9.59 Å². The van der Waals surface area contributed by atoms with Crippen LogP contribution in [-0.4, -0.2) is 46.8 Å². The highest BCUT2D eigenvalue weighted by atomic mass is 35.5. The van der Waals surface area contributed by atoms with Gasteiger partial charge in [0.05, 0.1) is 5.39 Å². The highest BCUT2D eigenvalue weighted by Gasteiger charge is 2.25. The second-order valence-electron chi connectivity index (χ2n) is 6.58. The van der Waals surface area contributed by atoms with Gasteiger partial charge in [-0.25, -0.2) is 4.68 Å². The average molecular weight is 383 g/mol. The van der Waals surface area contributed by atoms with Gasteiger partial charge in [0.1, 0.15) is 0 Å². The van der Waals surface area contributed by atoms with Crippen LogP contribution in [0, 0.1) is 0 Å². The zero-order chi connectivity index (χ0) is 19.0. The summed E-state index contributed by atoms with van der Waals surface area (Å²) in [6.45, 7) is 2.61. The van der Waals surface area contributed by atoms with Crippen molar-refractivity contribution in [3.05, 3.63) is 69.6 Å². The first-order valence-electron chi connectivity index (χ1n) is 8.80. The monoisotopic (exact) mass is 382 g/mol. The zero-order valence-corrected chi connectivity index (χ0v) is 15.7. The van der Waals surface area contributed by atoms with Gasteiger partial charge < -0.3 is 9.80 Å². The van der Waals surface area contributed by atoms with Crippen molar-refractivity contribution in [1.29, 1.82) is 0 Å². The van der Waals surface area contributed by atoms with E-state index in [9.17, 15) is 9.59 Å². The van der Waals surface area contributed by atoms with Crippen LogP contribution >= 0.6 is 11.6 Å². The van der Waals surface area contributed by atoms with Crippen LogP contribution in [0.5, 0.6) is 0 Å². The van der Waals surface area contributed by atoms with Gasteiger partial charge in [-0.2, -0.15) is 5.10 Å². The number of carbonyl (C=O) groups is 1. The minimum atomic E-state index is -0.201. The predicted molar refractivity (Wildman–Crippen MR) is 107 cm³/mol. The van der Waals surface area contributed by atoms with Gasteiger partial charge in [-0.1, -0.05) is 35.9 Å². The summed E-state index contributed by atoms with van der Waals surface area (Å²) in [6, 6.07) is 14.8. The van der Waals surface area contributed by atoms with E-state index in [0.717, 1.165) is 18.8 Å². The van der Waals surface area contributed by atoms with Crippen molar-refractivity contribution >= 4 is 34.0 Å². The topological polar surface area (TPSA) is 58.4 Å². The molecule has 0 spiro atoms. The third kappa shape index (κ3) is 3.28. The normalized spacial score (nSPS) is 14.6. The van der Waals surface area contributed by atoms with Gasteiger partial charge in [0.25, 0.3) is 11.5 Å². The fourth-order valence-corrected chi connectivity index (χ4v) is 3.63. The largest absolute Gasteiger partial charge is 0.368 e. The standard InChI is InChI=1S/C20H19ClN4O2/c1-23-19(26)17-8-3-2-7-16(17)18(22-23)20(27)25-11-9-24(10-12-25)15-6-4-5-14(21)13-15/h2-8,13H,9-12H2,1H3. The van der Waals surface area contributed by atoms with Crippen LogP contribution in [0.4, 0.5) is 5.69 Å². The highest BCUT2D eigenvalue weighted by molar-refractivity contribution is 6.30. The number of carbonyl (C=O) groups excluding carboxylic acids is 1. The molecule has 1 fully saturated rings. The van der Waals surface area contributed by atoms with Crippen molar-refractivity contribution in [2.24, 2.45) is 7.05 Å². The Bertz CT molecular complexity index is 1070. The Labute approximate surface area is 161 Å². The minimum Gasteiger partial charge on any atom is -0.368 e. The molecule has 138 valence electrons. The molecule has 6 nitrogen and oxygen atoms in total. The molecule has 0 atom stereocenters. The summed E-state index contributed by atoms with van der Waals surface area (Å²) < 4.78 is 1.23. The van der Waals surface area contributed by atoms with E-state index in [1.165, 1.54) is 4.68 Å². The molecule has 0 aliphatic carbocycles. The number of benzene rings is 2. The van der Waals surface area contributed by atoms with Crippen LogP contribution in [-0.2, 0) is 7.05 Å². The third-order valence-electron chi connectivity index (χ3n) is 4.90. The fraction of sp³-hybridized carbons (Fsp3) is 0.250. The Hall–Kier alpha value is -2.86. The van der Waals surface area contributed by atoms with Gasteiger partial charge >= 0.3 is 0 Å². The summed E-state index contributed by atoms with van der Waals surface area (Å²) in [4.78, 5) is 29.3. The lowest BCUT2D eigenvalue weighted by molar-refractivity contribution is 0.0740. The van der Waals surface area contributed by atoms with E-state index in [4.69, 9.17) is 11.6 Å². The second kappa shape index (κ2) is 7.04. The Morgan fingerprint density at radius 3 is 2.41 bits per heavy atom. The quantitative estimate of drug-likeness (QED) is 0.683. The van der Waals surface area contributed by atoms with Gasteiger partial charge in [-0.15, -0.1) is 0 Å². The number of aryl methyl sites for hydroxylation is 1. The maximum absolute atomic E-state index is 13.1. The van der Waals surface area contributed by atoms with Crippen molar-refractivity contribution in [2.75, 3.05) is 31.1 Å². The van der Waals surface area contributed by atoms with Gasteiger partial charge in [0.2, 0.25) is 0 Å². The SMILES string of the molecule is Cn1nc(C(=O)N2CCN(c3cccc(Cl)c3)CC2)c2ccccc2c1=O. The van der Waals surface area contributed by atoms with E-state index < -0.39 is 0 Å². The van der Waals surface area contributed by atoms with Crippen LogP contribution < -0.4 is 10.5 Å². The number of aromatic nitrogens is 2. The molecular weight excluding hydrogens is 364 g/mol. The third-order valence-corrected chi connectivity index (χ3v) is 5.13. The number of hydrogen-bond acceptors (Lipinski definition) is 4. The molecule has 0 radical (unpaired) electrons. The minimum absolute atomic E-state index is 0.146. The number of rotatable bonds is 2. The smallest absolute Gasteiger partial charge is 0.275 e. The van der Waals surface area contributed by atoms with E-state index in [1.807, 2.05) is 30.3 Å². The Morgan fingerprint density at radius 2 is 1.70 bits per heavy atom. The number of piperazine rings is 1. The maximum Gasteiger partial charge on any atom is 0.275 e. The predicted octanol–water partition coefficient (Wildman–Crippen LogP) is 2.55. The molecule has 4 rings (SSSR count). The summed E-state index contributed by atoms with van der Waals surface area (Å²) in [7, 11) is 1.57. The number of amides is 1. The van der Waals surface area contributed by atoms with Crippen molar-refractivity contribution in [2.45, 2.75) is 0 Å². The Kier molecular flexibility index (Phi) is 4.58. The number of fused-ring (bicyclic) bond motifs is 1. The fourth-order valence-electron chi connectivity index (χ4n) is 3.45. The number of anilines is 1.